The second-order valence-corrected chi connectivity index (χ2v) is 14.7. The van der Waals surface area contributed by atoms with Crippen molar-refractivity contribution in [3.8, 4) is 5.88 Å². The minimum Gasteiger partial charge on any atom is -0.493 e. The fraction of sp³-hybridized carbons (Fsp3) is 0.650. The number of aromatic hydroxyl groups is 1. The Hall–Kier alpha value is -1.42. The van der Waals surface area contributed by atoms with Gasteiger partial charge in [0.1, 0.15) is 11.3 Å². The highest BCUT2D eigenvalue weighted by atomic mass is 35.5. The molecule has 2 aliphatic heterocycles. The summed E-state index contributed by atoms with van der Waals surface area (Å²) in [5, 5.41) is 17.1. The maximum Gasteiger partial charge on any atom is 0.269 e. The minimum absolute atomic E-state index is 0.0778. The molecule has 0 saturated heterocycles. The molecule has 3 rings (SSSR count). The summed E-state index contributed by atoms with van der Waals surface area (Å²) in [6, 6.07) is 1.38. The van der Waals surface area contributed by atoms with E-state index in [9.17, 15) is 13.9 Å². The van der Waals surface area contributed by atoms with Crippen molar-refractivity contribution in [3.05, 3.63) is 33.7 Å². The first-order chi connectivity index (χ1) is 13.9. The van der Waals surface area contributed by atoms with Crippen LogP contribution in [0.1, 0.15) is 44.0 Å². The lowest BCUT2D eigenvalue weighted by molar-refractivity contribution is 0.145. The molecule has 168 valence electrons. The normalized spacial score (nSPS) is 20.4. The molecular weight excluding hydrogens is 430 g/mol. The number of rotatable bonds is 6. The molecule has 3 N–H and O–H groups in total. The Bertz CT molecular complexity index is 830. The Morgan fingerprint density at radius 1 is 1.37 bits per heavy atom. The number of nitrogens with zero attached hydrogens (tertiary/aromatic N) is 2. The molecule has 0 radical (unpaired) electrons. The number of nitrogens with one attached hydrogen (secondary N) is 2. The van der Waals surface area contributed by atoms with Crippen molar-refractivity contribution in [2.45, 2.75) is 64.5 Å². The molecule has 1 unspecified atom stereocenters. The summed E-state index contributed by atoms with van der Waals surface area (Å²) in [4.78, 5) is 6.17. The van der Waals surface area contributed by atoms with E-state index in [1.807, 2.05) is 0 Å². The fourth-order valence-electron chi connectivity index (χ4n) is 3.31. The molecule has 0 spiro atoms. The predicted octanol–water partition coefficient (Wildman–Crippen LogP) is 4.03. The van der Waals surface area contributed by atoms with Gasteiger partial charge in [0.2, 0.25) is 5.88 Å². The molecule has 0 saturated carbocycles. The smallest absolute Gasteiger partial charge is 0.269 e. The third-order valence-corrected chi connectivity index (χ3v) is 11.1. The largest absolute Gasteiger partial charge is 0.493 e. The van der Waals surface area contributed by atoms with E-state index in [1.54, 1.807) is 0 Å². The van der Waals surface area contributed by atoms with E-state index in [2.05, 4.69) is 54.4 Å². The number of fused-ring (bicyclic) bond motifs is 1. The number of alkyl halides is 2. The van der Waals surface area contributed by atoms with Crippen LogP contribution in [0.25, 0.3) is 0 Å². The summed E-state index contributed by atoms with van der Waals surface area (Å²) >= 11 is 6.39. The molecule has 10 heteroatoms. The lowest BCUT2D eigenvalue weighted by Crippen LogP contribution is -2.46. The summed E-state index contributed by atoms with van der Waals surface area (Å²) < 4.78 is 32.2. The lowest BCUT2D eigenvalue weighted by Gasteiger charge is -2.36. The average molecular weight is 461 g/mol. The fourth-order valence-corrected chi connectivity index (χ4v) is 4.49. The van der Waals surface area contributed by atoms with Crippen LogP contribution in [0, 0.1) is 0 Å². The van der Waals surface area contributed by atoms with Crippen LogP contribution in [0.15, 0.2) is 16.9 Å². The first kappa shape index (κ1) is 23.2. The third kappa shape index (κ3) is 5.07. The first-order valence-corrected chi connectivity index (χ1v) is 13.4. The zero-order valence-electron chi connectivity index (χ0n) is 18.2. The highest BCUT2D eigenvalue weighted by molar-refractivity contribution is 6.74. The Kier molecular flexibility index (Phi) is 6.67. The standard InChI is InChI=1S/C20H31ClF2N4O2Si/c1-20(2,3)30(4,5)29-11-15-17(21)26-16(24-15)10-27-7-6-12-8-13(18(22)23)19(28)25-14(12)9-27/h8,16,18,24,26H,6-7,9-11H2,1-5H3,(H,25,28). The van der Waals surface area contributed by atoms with Gasteiger partial charge in [-0.1, -0.05) is 32.4 Å². The molecular formula is C20H31ClF2N4O2Si. The monoisotopic (exact) mass is 460 g/mol. The number of hydrogen-bond donors (Lipinski definition) is 3. The maximum atomic E-state index is 13.0. The van der Waals surface area contributed by atoms with Crippen LogP contribution in [0.4, 0.5) is 8.78 Å². The van der Waals surface area contributed by atoms with E-state index in [0.29, 0.717) is 37.0 Å². The summed E-state index contributed by atoms with van der Waals surface area (Å²) in [6.45, 7) is 13.3. The number of aromatic nitrogens is 1. The Morgan fingerprint density at radius 2 is 2.07 bits per heavy atom. The lowest BCUT2D eigenvalue weighted by atomic mass is 10.0. The van der Waals surface area contributed by atoms with E-state index in [-0.39, 0.29) is 11.2 Å². The van der Waals surface area contributed by atoms with E-state index in [1.165, 1.54) is 6.07 Å². The van der Waals surface area contributed by atoms with Crippen LogP contribution in [0.2, 0.25) is 18.1 Å². The molecule has 30 heavy (non-hydrogen) atoms. The second-order valence-electron chi connectivity index (χ2n) is 9.48. The molecule has 0 aliphatic carbocycles. The van der Waals surface area contributed by atoms with Gasteiger partial charge >= 0.3 is 0 Å². The predicted molar refractivity (Wildman–Crippen MR) is 116 cm³/mol. The Labute approximate surface area is 182 Å². The average Bonchev–Trinajstić information content (AvgIpc) is 2.97. The van der Waals surface area contributed by atoms with Crippen LogP contribution in [-0.4, -0.2) is 49.2 Å². The second kappa shape index (κ2) is 8.61. The number of hydrogen-bond acceptors (Lipinski definition) is 6. The van der Waals surface area contributed by atoms with Gasteiger partial charge in [0.15, 0.2) is 8.32 Å². The molecule has 1 aromatic heterocycles. The first-order valence-electron chi connectivity index (χ1n) is 10.2. The van der Waals surface area contributed by atoms with Crippen LogP contribution < -0.4 is 10.6 Å². The van der Waals surface area contributed by atoms with Gasteiger partial charge in [0.05, 0.1) is 23.6 Å². The van der Waals surface area contributed by atoms with Gasteiger partial charge < -0.3 is 20.2 Å². The van der Waals surface area contributed by atoms with E-state index < -0.39 is 26.2 Å². The summed E-state index contributed by atoms with van der Waals surface area (Å²) in [7, 11) is -1.88. The van der Waals surface area contributed by atoms with Gasteiger partial charge in [-0.05, 0) is 36.2 Å². The Balaban J connectivity index is 1.56. The van der Waals surface area contributed by atoms with Crippen LogP contribution in [-0.2, 0) is 17.4 Å². The molecule has 0 amide bonds. The molecule has 3 heterocycles. The highest BCUT2D eigenvalue weighted by Gasteiger charge is 2.38. The molecule has 0 aromatic carbocycles. The molecule has 0 bridgehead atoms. The van der Waals surface area contributed by atoms with Gasteiger partial charge in [0.25, 0.3) is 6.43 Å². The van der Waals surface area contributed by atoms with Crippen LogP contribution in [0.5, 0.6) is 5.88 Å². The molecule has 1 aromatic rings. The van der Waals surface area contributed by atoms with Gasteiger partial charge in [-0.3, -0.25) is 4.90 Å². The van der Waals surface area contributed by atoms with Crippen molar-refractivity contribution in [3.63, 3.8) is 0 Å². The van der Waals surface area contributed by atoms with Gasteiger partial charge in [-0.25, -0.2) is 13.8 Å². The van der Waals surface area contributed by atoms with Crippen molar-refractivity contribution in [1.29, 1.82) is 0 Å². The van der Waals surface area contributed by atoms with Crippen molar-refractivity contribution in [2.24, 2.45) is 0 Å². The van der Waals surface area contributed by atoms with Crippen LogP contribution >= 0.6 is 11.6 Å². The summed E-state index contributed by atoms with van der Waals surface area (Å²) in [5.41, 5.74) is 1.86. The Morgan fingerprint density at radius 3 is 2.70 bits per heavy atom. The van der Waals surface area contributed by atoms with E-state index >= 15 is 0 Å². The zero-order chi connectivity index (χ0) is 22.3. The molecule has 0 fully saturated rings. The van der Waals surface area contributed by atoms with Crippen molar-refractivity contribution in [1.82, 2.24) is 20.5 Å². The molecule has 1 atom stereocenters. The minimum atomic E-state index is -2.73. The summed E-state index contributed by atoms with van der Waals surface area (Å²) in [6.07, 6.45) is -2.20. The topological polar surface area (TPSA) is 69.7 Å². The quantitative estimate of drug-likeness (QED) is 0.440. The van der Waals surface area contributed by atoms with Crippen molar-refractivity contribution < 1.29 is 18.3 Å². The van der Waals surface area contributed by atoms with Gasteiger partial charge in [-0.15, -0.1) is 0 Å². The third-order valence-electron chi connectivity index (χ3n) is 6.24. The zero-order valence-corrected chi connectivity index (χ0v) is 19.9. The van der Waals surface area contributed by atoms with Gasteiger partial charge in [0, 0.05) is 19.6 Å². The number of halogens is 3. The molecule has 2 aliphatic rings. The summed E-state index contributed by atoms with van der Waals surface area (Å²) in [5.74, 6) is -0.586. The van der Waals surface area contributed by atoms with Crippen molar-refractivity contribution >= 4 is 19.9 Å². The van der Waals surface area contributed by atoms with Crippen LogP contribution in [0.3, 0.4) is 0 Å². The SMILES string of the molecule is CC(C)(C)[Si](C)(C)OCC1=C(Cl)NC(CN2CCc3cc(C(F)F)c(O)nc3C2)N1. The number of pyridine rings is 1. The highest BCUT2D eigenvalue weighted by Crippen LogP contribution is 2.37. The maximum absolute atomic E-state index is 13.0. The van der Waals surface area contributed by atoms with E-state index in [4.69, 9.17) is 16.0 Å². The van der Waals surface area contributed by atoms with Crippen molar-refractivity contribution in [2.75, 3.05) is 19.7 Å². The van der Waals surface area contributed by atoms with E-state index in [0.717, 1.165) is 17.8 Å². The van der Waals surface area contributed by atoms with Gasteiger partial charge in [-0.2, -0.15) is 0 Å². The molecule has 6 nitrogen and oxygen atoms in total.